The predicted molar refractivity (Wildman–Crippen MR) is 145 cm³/mol. The molecule has 0 saturated carbocycles. The molecule has 38 heavy (non-hydrogen) atoms. The Labute approximate surface area is 220 Å². The van der Waals surface area contributed by atoms with E-state index in [0.717, 1.165) is 13.1 Å². The summed E-state index contributed by atoms with van der Waals surface area (Å²) >= 11 is 0. The summed E-state index contributed by atoms with van der Waals surface area (Å²) in [5.41, 5.74) is 3.30. The van der Waals surface area contributed by atoms with Gasteiger partial charge in [-0.15, -0.1) is 0 Å². The third-order valence-corrected chi connectivity index (χ3v) is 6.64. The quantitative estimate of drug-likeness (QED) is 0.357. The summed E-state index contributed by atoms with van der Waals surface area (Å²) in [7, 11) is 6.52. The molecule has 0 atom stereocenters. The summed E-state index contributed by atoms with van der Waals surface area (Å²) in [6.07, 6.45) is 2.88. The Kier molecular flexibility index (Phi) is 8.16. The van der Waals surface area contributed by atoms with Gasteiger partial charge in [0.25, 0.3) is 5.91 Å². The van der Waals surface area contributed by atoms with Crippen molar-refractivity contribution >= 4 is 28.7 Å². The Morgan fingerprint density at radius 1 is 1.05 bits per heavy atom. The van der Waals surface area contributed by atoms with Gasteiger partial charge in [-0.05, 0) is 38.2 Å². The van der Waals surface area contributed by atoms with Crippen LogP contribution in [0, 0.1) is 5.82 Å². The summed E-state index contributed by atoms with van der Waals surface area (Å²) in [5.74, 6) is 0.0949. The van der Waals surface area contributed by atoms with E-state index in [4.69, 9.17) is 14.2 Å². The number of carbonyl (C=O) groups is 1. The zero-order valence-corrected chi connectivity index (χ0v) is 22.2. The molecule has 11 heteroatoms. The fraction of sp³-hybridized carbons (Fsp3) is 0.370. The van der Waals surface area contributed by atoms with Crippen LogP contribution in [0.15, 0.2) is 40.4 Å². The number of anilines is 1. The number of benzene rings is 2. The van der Waals surface area contributed by atoms with E-state index in [9.17, 15) is 9.59 Å². The highest BCUT2D eigenvalue weighted by molar-refractivity contribution is 5.98. The van der Waals surface area contributed by atoms with Crippen LogP contribution < -0.4 is 30.0 Å². The van der Waals surface area contributed by atoms with Gasteiger partial charge in [-0.1, -0.05) is 0 Å². The molecule has 4 rings (SSSR count). The van der Waals surface area contributed by atoms with Gasteiger partial charge in [-0.2, -0.15) is 5.10 Å². The maximum absolute atomic E-state index is 15.2. The first-order chi connectivity index (χ1) is 18.3. The molecule has 3 aromatic rings. The van der Waals surface area contributed by atoms with Gasteiger partial charge in [-0.25, -0.2) is 9.82 Å². The van der Waals surface area contributed by atoms with E-state index < -0.39 is 17.2 Å². The molecule has 2 heterocycles. The highest BCUT2D eigenvalue weighted by atomic mass is 19.1. The highest BCUT2D eigenvalue weighted by Crippen LogP contribution is 2.37. The first kappa shape index (κ1) is 26.9. The van der Waals surface area contributed by atoms with E-state index in [1.165, 1.54) is 39.8 Å². The van der Waals surface area contributed by atoms with Gasteiger partial charge < -0.3 is 28.6 Å². The Hall–Kier alpha value is -4.12. The molecular weight excluding hydrogens is 493 g/mol. The molecule has 1 aliphatic rings. The second kappa shape index (κ2) is 11.5. The molecule has 10 nitrogen and oxygen atoms in total. The number of rotatable bonds is 8. The van der Waals surface area contributed by atoms with Crippen LogP contribution in [0.2, 0.25) is 0 Å². The van der Waals surface area contributed by atoms with Crippen molar-refractivity contribution in [2.75, 3.05) is 59.5 Å². The number of hydrogen-bond acceptors (Lipinski definition) is 8. The second-order valence-corrected chi connectivity index (χ2v) is 8.93. The van der Waals surface area contributed by atoms with Crippen LogP contribution in [-0.4, -0.2) is 76.1 Å². The van der Waals surface area contributed by atoms with Crippen molar-refractivity contribution in [2.45, 2.75) is 13.5 Å². The lowest BCUT2D eigenvalue weighted by Gasteiger charge is -2.34. The Balaban J connectivity index is 1.63. The number of hydrazone groups is 1. The Morgan fingerprint density at radius 2 is 1.71 bits per heavy atom. The molecule has 1 saturated heterocycles. The molecule has 1 aromatic heterocycles. The number of likely N-dealkylation sites (N-methyl/N-ethyl adjacent to an activating group) is 1. The minimum atomic E-state index is -0.702. The van der Waals surface area contributed by atoms with Crippen LogP contribution >= 0.6 is 0 Å². The van der Waals surface area contributed by atoms with Crippen LogP contribution in [0.3, 0.4) is 0 Å². The minimum Gasteiger partial charge on any atom is -0.493 e. The fourth-order valence-corrected chi connectivity index (χ4v) is 4.51. The van der Waals surface area contributed by atoms with Crippen LogP contribution in [0.25, 0.3) is 10.9 Å². The number of carbonyl (C=O) groups excluding carboxylic acids is 1. The smallest absolute Gasteiger partial charge is 0.276 e. The molecule has 2 aromatic carbocycles. The molecule has 0 unspecified atom stereocenters. The molecular formula is C27H32FN5O5. The number of amides is 1. The van der Waals surface area contributed by atoms with Gasteiger partial charge in [0.15, 0.2) is 11.5 Å². The largest absolute Gasteiger partial charge is 0.493 e. The molecule has 0 radical (unpaired) electrons. The molecule has 202 valence electrons. The van der Waals surface area contributed by atoms with Crippen LogP contribution in [-0.2, 0) is 6.54 Å². The van der Waals surface area contributed by atoms with Crippen molar-refractivity contribution in [1.82, 2.24) is 14.9 Å². The number of fused-ring (bicyclic) bond motifs is 1. The molecule has 0 spiro atoms. The standard InChI is InChI=1S/C27H32FN5O5/c1-6-32-16-19(27(35)30-29-15-17-11-23(36-3)26(38-5)24(12-17)37-4)25(34)18-13-20(28)22(14-21(18)32)33-9-7-31(2)8-10-33/h11-16H,6-10H2,1-5H3,(H,30,35)/b29-15-. The van der Waals surface area contributed by atoms with Crippen molar-refractivity contribution < 1.29 is 23.4 Å². The van der Waals surface area contributed by atoms with E-state index in [-0.39, 0.29) is 10.9 Å². The number of nitrogens with zero attached hydrogens (tertiary/aromatic N) is 4. The summed E-state index contributed by atoms with van der Waals surface area (Å²) in [6.45, 7) is 5.42. The highest BCUT2D eigenvalue weighted by Gasteiger charge is 2.21. The van der Waals surface area contributed by atoms with Crippen molar-refractivity contribution in [3.8, 4) is 17.2 Å². The third kappa shape index (κ3) is 5.28. The van der Waals surface area contributed by atoms with Gasteiger partial charge in [-0.3, -0.25) is 9.59 Å². The minimum absolute atomic E-state index is 0.131. The monoisotopic (exact) mass is 525 g/mol. The lowest BCUT2D eigenvalue weighted by molar-refractivity contribution is 0.0953. The van der Waals surface area contributed by atoms with Crippen LogP contribution in [0.4, 0.5) is 10.1 Å². The number of ether oxygens (including phenoxy) is 3. The van der Waals surface area contributed by atoms with Gasteiger partial charge in [0.2, 0.25) is 11.2 Å². The zero-order valence-electron chi connectivity index (χ0n) is 22.2. The Bertz CT molecular complexity index is 1400. The van der Waals surface area contributed by atoms with Crippen LogP contribution in [0.5, 0.6) is 17.2 Å². The van der Waals surface area contributed by atoms with Gasteiger partial charge in [0.1, 0.15) is 11.4 Å². The molecule has 0 bridgehead atoms. The normalized spacial score (nSPS) is 14.2. The summed E-state index contributed by atoms with van der Waals surface area (Å²) in [5, 5.41) is 4.13. The number of methoxy groups -OCH3 is 3. The van der Waals surface area contributed by atoms with Crippen LogP contribution in [0.1, 0.15) is 22.8 Å². The topological polar surface area (TPSA) is 97.6 Å². The summed E-state index contributed by atoms with van der Waals surface area (Å²) < 4.78 is 32.9. The summed E-state index contributed by atoms with van der Waals surface area (Å²) in [6, 6.07) is 6.26. The van der Waals surface area contributed by atoms with Crippen molar-refractivity contribution in [3.63, 3.8) is 0 Å². The average molecular weight is 526 g/mol. The lowest BCUT2D eigenvalue weighted by Crippen LogP contribution is -2.44. The Morgan fingerprint density at radius 3 is 2.29 bits per heavy atom. The zero-order chi connectivity index (χ0) is 27.4. The number of aryl methyl sites for hydroxylation is 1. The predicted octanol–water partition coefficient (Wildman–Crippen LogP) is 2.70. The van der Waals surface area contributed by atoms with Crippen molar-refractivity contribution in [2.24, 2.45) is 5.10 Å². The number of pyridine rings is 1. The number of hydrogen-bond donors (Lipinski definition) is 1. The van der Waals surface area contributed by atoms with Gasteiger partial charge >= 0.3 is 0 Å². The first-order valence-corrected chi connectivity index (χ1v) is 12.2. The van der Waals surface area contributed by atoms with E-state index >= 15 is 4.39 Å². The lowest BCUT2D eigenvalue weighted by atomic mass is 10.1. The second-order valence-electron chi connectivity index (χ2n) is 8.93. The molecule has 1 N–H and O–H groups in total. The number of nitrogens with one attached hydrogen (secondary N) is 1. The van der Waals surface area contributed by atoms with E-state index in [2.05, 4.69) is 15.4 Å². The summed E-state index contributed by atoms with van der Waals surface area (Å²) in [4.78, 5) is 30.3. The number of piperazine rings is 1. The molecule has 1 amide bonds. The maximum atomic E-state index is 15.2. The third-order valence-electron chi connectivity index (χ3n) is 6.64. The average Bonchev–Trinajstić information content (AvgIpc) is 2.93. The number of halogens is 1. The van der Waals surface area contributed by atoms with Gasteiger partial charge in [0, 0.05) is 49.9 Å². The molecule has 1 aliphatic heterocycles. The van der Waals surface area contributed by atoms with E-state index in [0.29, 0.717) is 53.7 Å². The molecule has 0 aliphatic carbocycles. The van der Waals surface area contributed by atoms with Gasteiger partial charge in [0.05, 0.1) is 38.7 Å². The van der Waals surface area contributed by atoms with E-state index in [1.54, 1.807) is 22.8 Å². The molecule has 1 fully saturated rings. The first-order valence-electron chi connectivity index (χ1n) is 12.2. The number of aromatic nitrogens is 1. The van der Waals surface area contributed by atoms with Crippen molar-refractivity contribution in [1.29, 1.82) is 0 Å². The van der Waals surface area contributed by atoms with Crippen molar-refractivity contribution in [3.05, 3.63) is 57.6 Å². The SMILES string of the molecule is CCn1cc(C(=O)N/N=C\c2cc(OC)c(OC)c(OC)c2)c(=O)c2cc(F)c(N3CCN(C)CC3)cc21. The van der Waals surface area contributed by atoms with E-state index in [1.807, 2.05) is 18.9 Å². The fourth-order valence-electron chi connectivity index (χ4n) is 4.51. The maximum Gasteiger partial charge on any atom is 0.276 e.